The molecule has 0 heterocycles. The second-order valence-corrected chi connectivity index (χ2v) is 5.49. The van der Waals surface area contributed by atoms with Crippen LogP contribution in [0.4, 0.5) is 13.2 Å². The Morgan fingerprint density at radius 2 is 1.62 bits per heavy atom. The first-order chi connectivity index (χ1) is 9.88. The Bertz CT molecular complexity index is 706. The van der Waals surface area contributed by atoms with Crippen molar-refractivity contribution in [1.82, 2.24) is 0 Å². The van der Waals surface area contributed by atoms with Gasteiger partial charge in [0.2, 0.25) is 0 Å². The second-order valence-electron chi connectivity index (χ2n) is 5.49. The molecule has 2 aromatic rings. The molecule has 3 rings (SSSR count). The van der Waals surface area contributed by atoms with E-state index in [1.54, 1.807) is 12.1 Å². The van der Waals surface area contributed by atoms with E-state index in [0.29, 0.717) is 5.92 Å². The highest BCUT2D eigenvalue weighted by molar-refractivity contribution is 5.78. The SMILES string of the molecule is CC1=Cc2cccc(-c3ccc(C(F)(F)F)cc3)c2C1C. The maximum Gasteiger partial charge on any atom is 0.416 e. The van der Waals surface area contributed by atoms with Gasteiger partial charge in [0.15, 0.2) is 0 Å². The molecule has 0 radical (unpaired) electrons. The van der Waals surface area contributed by atoms with Crippen molar-refractivity contribution in [3.05, 3.63) is 64.7 Å². The molecule has 0 aliphatic heterocycles. The highest BCUT2D eigenvalue weighted by atomic mass is 19.4. The fourth-order valence-electron chi connectivity index (χ4n) is 2.88. The molecule has 1 atom stereocenters. The van der Waals surface area contributed by atoms with Crippen LogP contribution in [0, 0.1) is 0 Å². The predicted molar refractivity (Wildman–Crippen MR) is 78.9 cm³/mol. The maximum atomic E-state index is 12.6. The van der Waals surface area contributed by atoms with Crippen molar-refractivity contribution in [2.45, 2.75) is 25.9 Å². The lowest BCUT2D eigenvalue weighted by Gasteiger charge is -2.15. The minimum absolute atomic E-state index is 0.304. The Morgan fingerprint density at radius 3 is 2.24 bits per heavy atom. The highest BCUT2D eigenvalue weighted by Gasteiger charge is 2.30. The predicted octanol–water partition coefficient (Wildman–Crippen LogP) is 5.89. The van der Waals surface area contributed by atoms with Crippen LogP contribution in [0.3, 0.4) is 0 Å². The summed E-state index contributed by atoms with van der Waals surface area (Å²) in [5, 5.41) is 0. The standard InChI is InChI=1S/C18H15F3/c1-11-10-14-4-3-5-16(17(14)12(11)2)13-6-8-15(9-7-13)18(19,20)21/h3-10,12H,1-2H3. The van der Waals surface area contributed by atoms with Crippen LogP contribution in [0.2, 0.25) is 0 Å². The molecule has 0 amide bonds. The number of alkyl halides is 3. The van der Waals surface area contributed by atoms with Gasteiger partial charge in [-0.3, -0.25) is 0 Å². The molecule has 0 saturated heterocycles. The lowest BCUT2D eigenvalue weighted by molar-refractivity contribution is -0.137. The van der Waals surface area contributed by atoms with Gasteiger partial charge in [-0.15, -0.1) is 0 Å². The molecule has 1 unspecified atom stereocenters. The number of hydrogen-bond donors (Lipinski definition) is 0. The van der Waals surface area contributed by atoms with Gasteiger partial charge < -0.3 is 0 Å². The minimum Gasteiger partial charge on any atom is -0.166 e. The summed E-state index contributed by atoms with van der Waals surface area (Å²) in [6.45, 7) is 4.21. The third kappa shape index (κ3) is 2.37. The van der Waals surface area contributed by atoms with Gasteiger partial charge in [0, 0.05) is 5.92 Å². The van der Waals surface area contributed by atoms with Gasteiger partial charge in [-0.1, -0.05) is 48.9 Å². The average Bonchev–Trinajstić information content (AvgIpc) is 2.73. The molecule has 2 aromatic carbocycles. The molecule has 21 heavy (non-hydrogen) atoms. The summed E-state index contributed by atoms with van der Waals surface area (Å²) in [4.78, 5) is 0. The molecule has 0 spiro atoms. The van der Waals surface area contributed by atoms with Crippen LogP contribution in [0.15, 0.2) is 48.0 Å². The van der Waals surface area contributed by atoms with E-state index >= 15 is 0 Å². The second kappa shape index (κ2) is 4.76. The Labute approximate surface area is 121 Å². The van der Waals surface area contributed by atoms with Crippen molar-refractivity contribution in [2.24, 2.45) is 0 Å². The van der Waals surface area contributed by atoms with Crippen molar-refractivity contribution in [2.75, 3.05) is 0 Å². The van der Waals surface area contributed by atoms with E-state index in [1.807, 2.05) is 12.1 Å². The zero-order valence-electron chi connectivity index (χ0n) is 11.8. The molecular formula is C18H15F3. The molecule has 0 aromatic heterocycles. The van der Waals surface area contributed by atoms with Crippen molar-refractivity contribution < 1.29 is 13.2 Å². The van der Waals surface area contributed by atoms with E-state index in [1.165, 1.54) is 11.1 Å². The van der Waals surface area contributed by atoms with Crippen LogP contribution in [0.25, 0.3) is 17.2 Å². The zero-order valence-corrected chi connectivity index (χ0v) is 11.8. The fraction of sp³-hybridized carbons (Fsp3) is 0.222. The van der Waals surface area contributed by atoms with Crippen molar-refractivity contribution >= 4 is 6.08 Å². The van der Waals surface area contributed by atoms with E-state index in [-0.39, 0.29) is 0 Å². The van der Waals surface area contributed by atoms with Crippen molar-refractivity contribution in [1.29, 1.82) is 0 Å². The van der Waals surface area contributed by atoms with Crippen LogP contribution in [-0.2, 0) is 6.18 Å². The molecule has 1 aliphatic carbocycles. The number of benzene rings is 2. The molecule has 0 fully saturated rings. The van der Waals surface area contributed by atoms with Crippen molar-refractivity contribution in [3.8, 4) is 11.1 Å². The highest BCUT2D eigenvalue weighted by Crippen LogP contribution is 2.42. The summed E-state index contributed by atoms with van der Waals surface area (Å²) in [6, 6.07) is 11.4. The minimum atomic E-state index is -4.29. The maximum absolute atomic E-state index is 12.6. The smallest absolute Gasteiger partial charge is 0.166 e. The molecule has 0 N–H and O–H groups in total. The summed E-state index contributed by atoms with van der Waals surface area (Å²) in [6.07, 6.45) is -2.14. The number of allylic oxidation sites excluding steroid dienone is 1. The molecule has 0 bridgehead atoms. The fourth-order valence-corrected chi connectivity index (χ4v) is 2.88. The van der Waals surface area contributed by atoms with E-state index < -0.39 is 11.7 Å². The van der Waals surface area contributed by atoms with Gasteiger partial charge in [-0.05, 0) is 41.3 Å². The van der Waals surface area contributed by atoms with E-state index in [9.17, 15) is 13.2 Å². The Hall–Kier alpha value is -2.03. The average molecular weight is 288 g/mol. The van der Waals surface area contributed by atoms with Crippen LogP contribution in [0.5, 0.6) is 0 Å². The molecule has 3 heteroatoms. The Morgan fingerprint density at radius 1 is 0.952 bits per heavy atom. The Kier molecular flexibility index (Phi) is 3.16. The summed E-state index contributed by atoms with van der Waals surface area (Å²) in [7, 11) is 0. The number of hydrogen-bond acceptors (Lipinski definition) is 0. The summed E-state index contributed by atoms with van der Waals surface area (Å²) in [5.74, 6) is 0.304. The lowest BCUT2D eigenvalue weighted by atomic mass is 9.90. The topological polar surface area (TPSA) is 0 Å². The molecule has 1 aliphatic rings. The first-order valence-corrected chi connectivity index (χ1v) is 6.86. The normalized spacial score (nSPS) is 17.6. The number of halogens is 3. The molecule has 108 valence electrons. The third-order valence-corrected chi connectivity index (χ3v) is 4.16. The van der Waals surface area contributed by atoms with E-state index in [2.05, 4.69) is 26.0 Å². The summed E-state index contributed by atoms with van der Waals surface area (Å²) >= 11 is 0. The Balaban J connectivity index is 2.06. The first kappa shape index (κ1) is 13.9. The summed E-state index contributed by atoms with van der Waals surface area (Å²) in [5.41, 5.74) is 4.88. The monoisotopic (exact) mass is 288 g/mol. The van der Waals surface area contributed by atoms with Crippen LogP contribution in [-0.4, -0.2) is 0 Å². The van der Waals surface area contributed by atoms with Crippen LogP contribution < -0.4 is 0 Å². The largest absolute Gasteiger partial charge is 0.416 e. The first-order valence-electron chi connectivity index (χ1n) is 6.86. The third-order valence-electron chi connectivity index (χ3n) is 4.16. The molecule has 0 nitrogen and oxygen atoms in total. The van der Waals surface area contributed by atoms with Crippen LogP contribution >= 0.6 is 0 Å². The number of rotatable bonds is 1. The number of fused-ring (bicyclic) bond motifs is 1. The lowest BCUT2D eigenvalue weighted by Crippen LogP contribution is -2.04. The van der Waals surface area contributed by atoms with Gasteiger partial charge in [0.25, 0.3) is 0 Å². The molecule has 0 saturated carbocycles. The van der Waals surface area contributed by atoms with Gasteiger partial charge in [-0.2, -0.15) is 13.2 Å². The van der Waals surface area contributed by atoms with E-state index in [0.717, 1.165) is 28.8 Å². The van der Waals surface area contributed by atoms with Gasteiger partial charge in [-0.25, -0.2) is 0 Å². The summed E-state index contributed by atoms with van der Waals surface area (Å²) < 4.78 is 37.9. The van der Waals surface area contributed by atoms with Gasteiger partial charge >= 0.3 is 6.18 Å². The van der Waals surface area contributed by atoms with E-state index in [4.69, 9.17) is 0 Å². The van der Waals surface area contributed by atoms with Crippen molar-refractivity contribution in [3.63, 3.8) is 0 Å². The van der Waals surface area contributed by atoms with Gasteiger partial charge in [0.1, 0.15) is 0 Å². The van der Waals surface area contributed by atoms with Crippen LogP contribution in [0.1, 0.15) is 36.5 Å². The molecular weight excluding hydrogens is 273 g/mol. The van der Waals surface area contributed by atoms with Gasteiger partial charge in [0.05, 0.1) is 5.56 Å². The zero-order chi connectivity index (χ0) is 15.2. The quantitative estimate of drug-likeness (QED) is 0.613.